The summed E-state index contributed by atoms with van der Waals surface area (Å²) in [5, 5.41) is 12.9. The molecule has 0 unspecified atom stereocenters. The minimum Gasteiger partial charge on any atom is -0.197 e. The summed E-state index contributed by atoms with van der Waals surface area (Å²) in [5.74, 6) is 0.810. The van der Waals surface area contributed by atoms with Crippen LogP contribution in [0.3, 0.4) is 0 Å². The van der Waals surface area contributed by atoms with E-state index in [0.717, 1.165) is 33.9 Å². The molecule has 0 N–H and O–H groups in total. The average molecular weight is 238 g/mol. The molecule has 3 rings (SSSR count). The predicted octanol–water partition coefficient (Wildman–Crippen LogP) is 2.72. The largest absolute Gasteiger partial charge is 0.197 e. The van der Waals surface area contributed by atoms with E-state index in [1.165, 1.54) is 0 Å². The first-order valence-corrected chi connectivity index (χ1v) is 5.93. The molecule has 0 aliphatic rings. The first kappa shape index (κ1) is 10.9. The van der Waals surface area contributed by atoms with Gasteiger partial charge in [0.1, 0.15) is 0 Å². The Hall–Kier alpha value is -2.23. The molecule has 0 fully saturated rings. The summed E-state index contributed by atoms with van der Waals surface area (Å²) in [6.45, 7) is 6.05. The van der Waals surface area contributed by atoms with E-state index in [2.05, 4.69) is 41.3 Å². The van der Waals surface area contributed by atoms with E-state index < -0.39 is 0 Å². The van der Waals surface area contributed by atoms with E-state index in [0.29, 0.717) is 0 Å². The summed E-state index contributed by atoms with van der Waals surface area (Å²) < 4.78 is 1.81. The van der Waals surface area contributed by atoms with Crippen LogP contribution in [0.1, 0.15) is 17.0 Å². The smallest absolute Gasteiger partial charge is 0.181 e. The SMILES string of the molecule is Cc1c(-c2ccccc2)nn2c(C)nnc2c1C. The number of hydrogen-bond donors (Lipinski definition) is 0. The molecule has 0 spiro atoms. The van der Waals surface area contributed by atoms with Gasteiger partial charge in [0.25, 0.3) is 0 Å². The lowest BCUT2D eigenvalue weighted by Gasteiger charge is -2.09. The van der Waals surface area contributed by atoms with Crippen LogP contribution in [0, 0.1) is 20.8 Å². The Bertz CT molecular complexity index is 713. The van der Waals surface area contributed by atoms with Gasteiger partial charge >= 0.3 is 0 Å². The number of aryl methyl sites for hydroxylation is 2. The van der Waals surface area contributed by atoms with Crippen molar-refractivity contribution in [3.8, 4) is 11.3 Å². The molecule has 0 radical (unpaired) electrons. The minimum atomic E-state index is 0.810. The van der Waals surface area contributed by atoms with Crippen molar-refractivity contribution in [2.45, 2.75) is 20.8 Å². The van der Waals surface area contributed by atoms with Crippen LogP contribution in [-0.2, 0) is 0 Å². The molecule has 0 aliphatic heterocycles. The fourth-order valence-corrected chi connectivity index (χ4v) is 2.10. The first-order valence-electron chi connectivity index (χ1n) is 5.93. The highest BCUT2D eigenvalue weighted by atomic mass is 15.4. The van der Waals surface area contributed by atoms with Gasteiger partial charge in [0.15, 0.2) is 11.5 Å². The molecule has 4 nitrogen and oxygen atoms in total. The third-order valence-corrected chi connectivity index (χ3v) is 3.30. The molecule has 4 heteroatoms. The number of fused-ring (bicyclic) bond motifs is 1. The van der Waals surface area contributed by atoms with Gasteiger partial charge in [-0.3, -0.25) is 0 Å². The van der Waals surface area contributed by atoms with E-state index in [1.807, 2.05) is 29.6 Å². The third kappa shape index (κ3) is 1.49. The van der Waals surface area contributed by atoms with Gasteiger partial charge in [-0.2, -0.15) is 9.61 Å². The van der Waals surface area contributed by atoms with Crippen LogP contribution in [0.4, 0.5) is 0 Å². The second kappa shape index (κ2) is 3.91. The second-order valence-corrected chi connectivity index (χ2v) is 4.45. The molecule has 2 aromatic heterocycles. The van der Waals surface area contributed by atoms with Crippen molar-refractivity contribution < 1.29 is 0 Å². The van der Waals surface area contributed by atoms with Gasteiger partial charge in [-0.25, -0.2) is 0 Å². The lowest BCUT2D eigenvalue weighted by atomic mass is 10.0. The molecule has 90 valence electrons. The fourth-order valence-electron chi connectivity index (χ4n) is 2.10. The zero-order valence-electron chi connectivity index (χ0n) is 10.7. The fraction of sp³-hybridized carbons (Fsp3) is 0.214. The normalized spacial score (nSPS) is 11.1. The van der Waals surface area contributed by atoms with Gasteiger partial charge in [0.05, 0.1) is 5.69 Å². The van der Waals surface area contributed by atoms with Crippen LogP contribution in [-0.4, -0.2) is 19.8 Å². The van der Waals surface area contributed by atoms with Crippen molar-refractivity contribution in [3.05, 3.63) is 47.3 Å². The highest BCUT2D eigenvalue weighted by Gasteiger charge is 2.13. The molecule has 0 saturated carbocycles. The molecule has 3 aromatic rings. The number of nitrogens with zero attached hydrogens (tertiary/aromatic N) is 4. The first-order chi connectivity index (χ1) is 8.68. The molecule has 18 heavy (non-hydrogen) atoms. The molecule has 0 amide bonds. The molecule has 0 bridgehead atoms. The summed E-state index contributed by atoms with van der Waals surface area (Å²) >= 11 is 0. The van der Waals surface area contributed by atoms with Crippen LogP contribution >= 0.6 is 0 Å². The maximum atomic E-state index is 4.66. The third-order valence-electron chi connectivity index (χ3n) is 3.30. The maximum absolute atomic E-state index is 4.66. The van der Waals surface area contributed by atoms with E-state index in [1.54, 1.807) is 0 Å². The number of benzene rings is 1. The van der Waals surface area contributed by atoms with Crippen molar-refractivity contribution in [2.75, 3.05) is 0 Å². The molecular formula is C14H14N4. The van der Waals surface area contributed by atoms with E-state index in [4.69, 9.17) is 0 Å². The van der Waals surface area contributed by atoms with Crippen molar-refractivity contribution in [1.29, 1.82) is 0 Å². The van der Waals surface area contributed by atoms with Crippen molar-refractivity contribution >= 4 is 5.65 Å². The summed E-state index contributed by atoms with van der Waals surface area (Å²) in [6.07, 6.45) is 0. The van der Waals surface area contributed by atoms with Crippen molar-refractivity contribution in [2.24, 2.45) is 0 Å². The lowest BCUT2D eigenvalue weighted by molar-refractivity contribution is 0.870. The quantitative estimate of drug-likeness (QED) is 0.654. The molecule has 0 aliphatic carbocycles. The highest BCUT2D eigenvalue weighted by Crippen LogP contribution is 2.24. The Balaban J connectivity index is 2.36. The Morgan fingerprint density at radius 1 is 0.889 bits per heavy atom. The summed E-state index contributed by atoms with van der Waals surface area (Å²) in [5.41, 5.74) is 5.23. The Labute approximate surface area is 105 Å². The average Bonchev–Trinajstić information content (AvgIpc) is 2.77. The van der Waals surface area contributed by atoms with Crippen molar-refractivity contribution in [1.82, 2.24) is 19.8 Å². The zero-order chi connectivity index (χ0) is 12.7. The summed E-state index contributed by atoms with van der Waals surface area (Å²) in [4.78, 5) is 0. The standard InChI is InChI=1S/C14H14N4/c1-9-10(2)14-16-15-11(3)18(14)17-13(9)12-7-5-4-6-8-12/h4-8H,1-3H3. The van der Waals surface area contributed by atoms with Crippen LogP contribution < -0.4 is 0 Å². The van der Waals surface area contributed by atoms with Crippen LogP contribution in [0.2, 0.25) is 0 Å². The Kier molecular flexibility index (Phi) is 2.37. The van der Waals surface area contributed by atoms with Crippen LogP contribution in [0.5, 0.6) is 0 Å². The van der Waals surface area contributed by atoms with Gasteiger partial charge < -0.3 is 0 Å². The van der Waals surface area contributed by atoms with Crippen LogP contribution in [0.15, 0.2) is 30.3 Å². The molecule has 0 atom stereocenters. The monoisotopic (exact) mass is 238 g/mol. The van der Waals surface area contributed by atoms with E-state index in [9.17, 15) is 0 Å². The van der Waals surface area contributed by atoms with Crippen LogP contribution in [0.25, 0.3) is 16.9 Å². The molecule has 0 saturated heterocycles. The van der Waals surface area contributed by atoms with Crippen molar-refractivity contribution in [3.63, 3.8) is 0 Å². The Morgan fingerprint density at radius 3 is 2.33 bits per heavy atom. The van der Waals surface area contributed by atoms with Gasteiger partial charge in [0.2, 0.25) is 0 Å². The van der Waals surface area contributed by atoms with E-state index in [-0.39, 0.29) is 0 Å². The van der Waals surface area contributed by atoms with Gasteiger partial charge in [-0.15, -0.1) is 10.2 Å². The second-order valence-electron chi connectivity index (χ2n) is 4.45. The number of hydrogen-bond acceptors (Lipinski definition) is 3. The lowest BCUT2D eigenvalue weighted by Crippen LogP contribution is -2.02. The molecule has 1 aromatic carbocycles. The molecular weight excluding hydrogens is 224 g/mol. The highest BCUT2D eigenvalue weighted by molar-refractivity contribution is 5.67. The summed E-state index contributed by atoms with van der Waals surface area (Å²) in [6, 6.07) is 10.2. The Morgan fingerprint density at radius 2 is 1.61 bits per heavy atom. The van der Waals surface area contributed by atoms with E-state index >= 15 is 0 Å². The van der Waals surface area contributed by atoms with Gasteiger partial charge in [-0.05, 0) is 26.3 Å². The number of rotatable bonds is 1. The minimum absolute atomic E-state index is 0.810. The topological polar surface area (TPSA) is 43.1 Å². The maximum Gasteiger partial charge on any atom is 0.181 e. The molecule has 2 heterocycles. The van der Waals surface area contributed by atoms with Gasteiger partial charge in [0, 0.05) is 11.1 Å². The predicted molar refractivity (Wildman–Crippen MR) is 70.4 cm³/mol. The number of aromatic nitrogens is 4. The summed E-state index contributed by atoms with van der Waals surface area (Å²) in [7, 11) is 0. The zero-order valence-corrected chi connectivity index (χ0v) is 10.7. The van der Waals surface area contributed by atoms with Gasteiger partial charge in [-0.1, -0.05) is 30.3 Å².